The molecule has 0 radical (unpaired) electrons. The Morgan fingerprint density at radius 3 is 2.55 bits per heavy atom. The Balaban J connectivity index is 1.73. The molecule has 0 saturated carbocycles. The molecular weight excluding hydrogens is 401 g/mol. The Bertz CT molecular complexity index is 1020. The summed E-state index contributed by atoms with van der Waals surface area (Å²) in [6, 6.07) is 9.09. The number of hydrogen-bond acceptors (Lipinski definition) is 5. The van der Waals surface area contributed by atoms with Gasteiger partial charge in [-0.05, 0) is 62.0 Å². The molecule has 0 aromatic heterocycles. The van der Waals surface area contributed by atoms with Crippen molar-refractivity contribution in [2.24, 2.45) is 0 Å². The summed E-state index contributed by atoms with van der Waals surface area (Å²) >= 11 is 0. The molecule has 4 rings (SSSR count). The summed E-state index contributed by atoms with van der Waals surface area (Å²) in [4.78, 5) is 13.1. The Morgan fingerprint density at radius 2 is 1.93 bits per heavy atom. The smallest absolute Gasteiger partial charge is 0.409 e. The van der Waals surface area contributed by atoms with Gasteiger partial charge in [0.15, 0.2) is 0 Å². The Hall–Kier alpha value is -2.85. The van der Waals surface area contributed by atoms with Crippen LogP contribution in [0.2, 0.25) is 0 Å². The maximum absolute atomic E-state index is 13.3. The van der Waals surface area contributed by atoms with Crippen LogP contribution in [0, 0.1) is 5.82 Å². The van der Waals surface area contributed by atoms with E-state index in [1.807, 2.05) is 0 Å². The number of amides is 1. The van der Waals surface area contributed by atoms with Gasteiger partial charge in [0.2, 0.25) is 0 Å². The number of rotatable bonds is 5. The normalized spacial score (nSPS) is 19.1. The molecule has 29 heavy (non-hydrogen) atoms. The largest absolute Gasteiger partial charge is 0.485 e. The fourth-order valence-electron chi connectivity index (χ4n) is 3.42. The van der Waals surface area contributed by atoms with E-state index in [4.69, 9.17) is 9.84 Å². The van der Waals surface area contributed by atoms with Crippen molar-refractivity contribution in [3.05, 3.63) is 48.3 Å². The zero-order valence-corrected chi connectivity index (χ0v) is 16.2. The van der Waals surface area contributed by atoms with Crippen molar-refractivity contribution < 1.29 is 27.4 Å². The van der Waals surface area contributed by atoms with Crippen molar-refractivity contribution >= 4 is 27.5 Å². The number of hydrogen-bond donors (Lipinski definition) is 2. The minimum atomic E-state index is -4.00. The van der Waals surface area contributed by atoms with Gasteiger partial charge in [-0.1, -0.05) is 0 Å². The molecule has 2 N–H and O–H groups in total. The van der Waals surface area contributed by atoms with Crippen LogP contribution in [0.3, 0.4) is 0 Å². The van der Waals surface area contributed by atoms with Gasteiger partial charge in [-0.2, -0.15) is 0 Å². The fourth-order valence-corrected chi connectivity index (χ4v) is 4.92. The number of nitrogens with zero attached hydrogens (tertiary/aromatic N) is 2. The lowest BCUT2D eigenvalue weighted by molar-refractivity contribution is 0.0943. The highest BCUT2D eigenvalue weighted by atomic mass is 32.2. The average Bonchev–Trinajstić information content (AvgIpc) is 2.64. The third kappa shape index (κ3) is 3.99. The lowest BCUT2D eigenvalue weighted by Crippen LogP contribution is -2.51. The summed E-state index contributed by atoms with van der Waals surface area (Å²) in [5.74, 6) is -0.182. The molecule has 2 aromatic carbocycles. The monoisotopic (exact) mass is 421 g/mol. The van der Waals surface area contributed by atoms with E-state index in [-0.39, 0.29) is 28.9 Å². The van der Waals surface area contributed by atoms with Gasteiger partial charge in [-0.3, -0.25) is 14.5 Å². The van der Waals surface area contributed by atoms with Crippen molar-refractivity contribution in [1.29, 1.82) is 0 Å². The Morgan fingerprint density at radius 1 is 1.21 bits per heavy atom. The lowest BCUT2D eigenvalue weighted by atomic mass is 10.1. The first-order valence-corrected chi connectivity index (χ1v) is 10.6. The molecule has 2 aromatic rings. The minimum Gasteiger partial charge on any atom is -0.485 e. The number of carboxylic acid groups (broad SMARTS) is 1. The Kier molecular flexibility index (Phi) is 5.05. The molecule has 1 amide bonds. The molecule has 0 spiro atoms. The average molecular weight is 421 g/mol. The predicted molar refractivity (Wildman–Crippen MR) is 104 cm³/mol. The summed E-state index contributed by atoms with van der Waals surface area (Å²) in [5.41, 5.74) is 0.459. The highest BCUT2D eigenvalue weighted by molar-refractivity contribution is 7.92. The summed E-state index contributed by atoms with van der Waals surface area (Å²) < 4.78 is 47.1. The van der Waals surface area contributed by atoms with E-state index in [0.717, 1.165) is 31.6 Å². The highest BCUT2D eigenvalue weighted by Crippen LogP contribution is 2.39. The van der Waals surface area contributed by atoms with E-state index in [1.165, 1.54) is 28.6 Å². The zero-order valence-electron chi connectivity index (χ0n) is 15.4. The van der Waals surface area contributed by atoms with E-state index >= 15 is 0 Å². The number of benzene rings is 2. The number of anilines is 2. The van der Waals surface area contributed by atoms with Crippen LogP contribution in [0.5, 0.6) is 5.75 Å². The van der Waals surface area contributed by atoms with Gasteiger partial charge in [0.25, 0.3) is 10.0 Å². The van der Waals surface area contributed by atoms with Gasteiger partial charge >= 0.3 is 6.09 Å². The number of sulfonamides is 1. The van der Waals surface area contributed by atoms with Crippen molar-refractivity contribution in [3.8, 4) is 5.75 Å². The van der Waals surface area contributed by atoms with E-state index < -0.39 is 21.9 Å². The summed E-state index contributed by atoms with van der Waals surface area (Å²) in [6.45, 7) is 2.54. The van der Waals surface area contributed by atoms with Gasteiger partial charge in [0.05, 0.1) is 17.1 Å². The predicted octanol–water partition coefficient (Wildman–Crippen LogP) is 2.58. The highest BCUT2D eigenvalue weighted by Gasteiger charge is 2.36. The first-order valence-electron chi connectivity index (χ1n) is 9.14. The molecule has 10 heteroatoms. The van der Waals surface area contributed by atoms with E-state index in [1.54, 1.807) is 6.07 Å². The van der Waals surface area contributed by atoms with Gasteiger partial charge in [-0.15, -0.1) is 0 Å². The SMILES string of the molecule is O=C(O)Nc1ccc2c(c1)N(S(=O)(=O)c1ccc(F)cc1)CC(CN1CCC1)O2. The molecular formula is C19H20FN3O5S. The van der Waals surface area contributed by atoms with Crippen LogP contribution in [0.1, 0.15) is 6.42 Å². The number of halogens is 1. The number of likely N-dealkylation sites (tertiary alicyclic amines) is 1. The number of nitrogens with one attached hydrogen (secondary N) is 1. The van der Waals surface area contributed by atoms with Crippen LogP contribution in [0.25, 0.3) is 0 Å². The van der Waals surface area contributed by atoms with E-state index in [9.17, 15) is 17.6 Å². The molecule has 0 bridgehead atoms. The molecule has 2 aliphatic rings. The standard InChI is InChI=1S/C19H20FN3O5S/c20-13-2-5-16(6-3-13)29(26,27)23-12-15(11-22-8-1-9-22)28-18-7-4-14(10-17(18)23)21-19(24)25/h2-7,10,15,21H,1,8-9,11-12H2,(H,24,25). The van der Waals surface area contributed by atoms with Crippen LogP contribution >= 0.6 is 0 Å². The van der Waals surface area contributed by atoms with Crippen LogP contribution in [0.15, 0.2) is 47.4 Å². The van der Waals surface area contributed by atoms with E-state index in [2.05, 4.69) is 10.2 Å². The van der Waals surface area contributed by atoms with Crippen molar-refractivity contribution in [2.45, 2.75) is 17.4 Å². The molecule has 1 fully saturated rings. The minimum absolute atomic E-state index is 0.0500. The maximum atomic E-state index is 13.3. The first-order chi connectivity index (χ1) is 13.8. The first kappa shape index (κ1) is 19.5. The molecule has 0 aliphatic carbocycles. The topological polar surface area (TPSA) is 99.2 Å². The van der Waals surface area contributed by atoms with Gasteiger partial charge in [-0.25, -0.2) is 17.6 Å². The van der Waals surface area contributed by atoms with Crippen LogP contribution in [-0.2, 0) is 10.0 Å². The van der Waals surface area contributed by atoms with Crippen molar-refractivity contribution in [3.63, 3.8) is 0 Å². The fraction of sp³-hybridized carbons (Fsp3) is 0.316. The van der Waals surface area contributed by atoms with Crippen LogP contribution in [0.4, 0.5) is 20.6 Å². The van der Waals surface area contributed by atoms with Gasteiger partial charge in [0.1, 0.15) is 17.7 Å². The van der Waals surface area contributed by atoms with Crippen molar-refractivity contribution in [1.82, 2.24) is 4.90 Å². The number of fused-ring (bicyclic) bond motifs is 1. The van der Waals surface area contributed by atoms with Crippen LogP contribution < -0.4 is 14.4 Å². The van der Waals surface area contributed by atoms with Crippen molar-refractivity contribution in [2.75, 3.05) is 35.8 Å². The summed E-state index contributed by atoms with van der Waals surface area (Å²) in [7, 11) is -4.00. The third-order valence-corrected chi connectivity index (χ3v) is 6.75. The van der Waals surface area contributed by atoms with Gasteiger partial charge in [0, 0.05) is 12.2 Å². The quantitative estimate of drug-likeness (QED) is 0.770. The zero-order chi connectivity index (χ0) is 20.6. The summed E-state index contributed by atoms with van der Waals surface area (Å²) in [5, 5.41) is 11.2. The molecule has 2 aliphatic heterocycles. The molecule has 154 valence electrons. The molecule has 1 unspecified atom stereocenters. The van der Waals surface area contributed by atoms with E-state index in [0.29, 0.717) is 12.3 Å². The Labute approximate surface area is 167 Å². The third-order valence-electron chi connectivity index (χ3n) is 4.95. The molecule has 1 atom stereocenters. The molecule has 1 saturated heterocycles. The summed E-state index contributed by atoms with van der Waals surface area (Å²) in [6.07, 6.45) is -0.535. The second-order valence-corrected chi connectivity index (χ2v) is 8.86. The lowest BCUT2D eigenvalue weighted by Gasteiger charge is -2.40. The second-order valence-electron chi connectivity index (χ2n) is 7.00. The molecule has 2 heterocycles. The van der Waals surface area contributed by atoms with Crippen LogP contribution in [-0.4, -0.2) is 56.8 Å². The molecule has 8 nitrogen and oxygen atoms in total. The van der Waals surface area contributed by atoms with Gasteiger partial charge < -0.3 is 9.84 Å². The second kappa shape index (κ2) is 7.53. The number of carbonyl (C=O) groups is 1. The number of ether oxygens (including phenoxy) is 1. The maximum Gasteiger partial charge on any atom is 0.409 e.